The molecule has 2 aromatic rings. The summed E-state index contributed by atoms with van der Waals surface area (Å²) in [5, 5.41) is 8.04. The van der Waals surface area contributed by atoms with Crippen molar-refractivity contribution in [2.45, 2.75) is 37.8 Å². The smallest absolute Gasteiger partial charge is 0.291 e. The molecule has 1 heterocycles. The number of ether oxygens (including phenoxy) is 1. The van der Waals surface area contributed by atoms with Gasteiger partial charge in [-0.25, -0.2) is 0 Å². The van der Waals surface area contributed by atoms with Gasteiger partial charge in [0.15, 0.2) is 0 Å². The van der Waals surface area contributed by atoms with Crippen LogP contribution < -0.4 is 10.9 Å². The van der Waals surface area contributed by atoms with Crippen LogP contribution in [0, 0.1) is 0 Å². The van der Waals surface area contributed by atoms with E-state index in [0.717, 1.165) is 31.4 Å². The lowest BCUT2D eigenvalue weighted by Crippen LogP contribution is -2.31. The number of rotatable bonds is 4. The summed E-state index contributed by atoms with van der Waals surface area (Å²) in [5.74, 6) is 0. The Kier molecular flexibility index (Phi) is 5.89. The highest BCUT2D eigenvalue weighted by Crippen LogP contribution is 2.29. The summed E-state index contributed by atoms with van der Waals surface area (Å²) < 4.78 is 6.63. The molecule has 25 heavy (non-hydrogen) atoms. The molecular weight excluding hydrogens is 385 g/mol. The summed E-state index contributed by atoms with van der Waals surface area (Å²) in [6, 6.07) is 5.60. The lowest BCUT2D eigenvalue weighted by atomic mass is 9.92. The summed E-state index contributed by atoms with van der Waals surface area (Å²) in [6.45, 7) is 0. The van der Waals surface area contributed by atoms with Gasteiger partial charge in [0.1, 0.15) is 5.02 Å². The maximum atomic E-state index is 12.2. The molecule has 0 spiro atoms. The molecule has 134 valence electrons. The maximum Gasteiger partial charge on any atom is 0.291 e. The van der Waals surface area contributed by atoms with Crippen LogP contribution in [0.4, 0.5) is 5.69 Å². The Balaban J connectivity index is 1.82. The molecule has 5 nitrogen and oxygen atoms in total. The standard InChI is InChI=1S/C17H18Cl3N3O2/c1-25-12-4-2-3-10(7-12)22-15-6-5-11(8-13(15)18)23-17(24)16(20)14(19)9-21-23/h5-6,8-10,12,22H,2-4,7H2,1H3. The largest absolute Gasteiger partial charge is 0.381 e. The fourth-order valence-corrected chi connectivity index (χ4v) is 3.54. The molecule has 1 N–H and O–H groups in total. The molecule has 1 fully saturated rings. The molecule has 2 atom stereocenters. The molecular formula is C17H18Cl3N3O2. The summed E-state index contributed by atoms with van der Waals surface area (Å²) in [6.07, 6.45) is 5.84. The van der Waals surface area contributed by atoms with Crippen molar-refractivity contribution in [3.8, 4) is 5.69 Å². The Bertz CT molecular complexity index is 825. The molecule has 1 aromatic heterocycles. The molecule has 1 aliphatic rings. The van der Waals surface area contributed by atoms with E-state index in [1.807, 2.05) is 6.07 Å². The first-order valence-corrected chi connectivity index (χ1v) is 9.15. The molecule has 0 aliphatic heterocycles. The lowest BCUT2D eigenvalue weighted by molar-refractivity contribution is 0.0669. The molecule has 0 radical (unpaired) electrons. The van der Waals surface area contributed by atoms with Crippen LogP contribution in [-0.2, 0) is 4.74 Å². The van der Waals surface area contributed by atoms with E-state index in [0.29, 0.717) is 16.8 Å². The van der Waals surface area contributed by atoms with Gasteiger partial charge in [0.2, 0.25) is 0 Å². The van der Waals surface area contributed by atoms with Crippen molar-refractivity contribution in [2.24, 2.45) is 0 Å². The number of nitrogens with zero attached hydrogens (tertiary/aromatic N) is 2. The predicted octanol–water partition coefficient (Wildman–Crippen LogP) is 4.56. The molecule has 0 bridgehead atoms. The topological polar surface area (TPSA) is 56.1 Å². The van der Waals surface area contributed by atoms with Crippen LogP contribution in [0.2, 0.25) is 15.1 Å². The number of anilines is 1. The van der Waals surface area contributed by atoms with Crippen molar-refractivity contribution in [3.63, 3.8) is 0 Å². The molecule has 1 aliphatic carbocycles. The number of methoxy groups -OCH3 is 1. The van der Waals surface area contributed by atoms with E-state index in [2.05, 4.69) is 10.4 Å². The average Bonchev–Trinajstić information content (AvgIpc) is 2.62. The molecule has 0 amide bonds. The SMILES string of the molecule is COC1CCCC(Nc2ccc(-n3ncc(Cl)c(Cl)c3=O)cc2Cl)C1. The fraction of sp³-hybridized carbons (Fsp3) is 0.412. The van der Waals surface area contributed by atoms with Crippen molar-refractivity contribution >= 4 is 40.5 Å². The van der Waals surface area contributed by atoms with E-state index in [-0.39, 0.29) is 16.1 Å². The summed E-state index contributed by atoms with van der Waals surface area (Å²) in [5.41, 5.74) is 0.860. The molecule has 0 saturated heterocycles. The van der Waals surface area contributed by atoms with Gasteiger partial charge in [0.25, 0.3) is 5.56 Å². The van der Waals surface area contributed by atoms with Crippen molar-refractivity contribution in [1.29, 1.82) is 0 Å². The second-order valence-corrected chi connectivity index (χ2v) is 7.25. The zero-order valence-corrected chi connectivity index (χ0v) is 15.9. The van der Waals surface area contributed by atoms with Gasteiger partial charge in [-0.15, -0.1) is 0 Å². The van der Waals surface area contributed by atoms with Crippen LogP contribution in [0.3, 0.4) is 0 Å². The Hall–Kier alpha value is -1.27. The third-order valence-corrected chi connectivity index (χ3v) is 5.45. The van der Waals surface area contributed by atoms with Gasteiger partial charge < -0.3 is 10.1 Å². The molecule has 1 saturated carbocycles. The number of halogens is 3. The second-order valence-electron chi connectivity index (χ2n) is 6.05. The first-order chi connectivity index (χ1) is 12.0. The van der Waals surface area contributed by atoms with Gasteiger partial charge in [0, 0.05) is 13.2 Å². The van der Waals surface area contributed by atoms with Crippen LogP contribution in [0.25, 0.3) is 5.69 Å². The first-order valence-electron chi connectivity index (χ1n) is 8.02. The van der Waals surface area contributed by atoms with Crippen molar-refractivity contribution in [2.75, 3.05) is 12.4 Å². The lowest BCUT2D eigenvalue weighted by Gasteiger charge is -2.29. The van der Waals surface area contributed by atoms with E-state index in [4.69, 9.17) is 39.5 Å². The minimum atomic E-state index is -0.485. The van der Waals surface area contributed by atoms with E-state index < -0.39 is 5.56 Å². The molecule has 2 unspecified atom stereocenters. The number of hydrogen-bond donors (Lipinski definition) is 1. The maximum absolute atomic E-state index is 12.2. The van der Waals surface area contributed by atoms with Crippen LogP contribution in [0.15, 0.2) is 29.2 Å². The highest BCUT2D eigenvalue weighted by molar-refractivity contribution is 6.41. The summed E-state index contributed by atoms with van der Waals surface area (Å²) in [4.78, 5) is 12.2. The van der Waals surface area contributed by atoms with Gasteiger partial charge in [-0.3, -0.25) is 4.79 Å². The predicted molar refractivity (Wildman–Crippen MR) is 102 cm³/mol. The minimum absolute atomic E-state index is 0.0668. The number of benzene rings is 1. The van der Waals surface area contributed by atoms with Crippen molar-refractivity contribution in [3.05, 3.63) is 49.8 Å². The van der Waals surface area contributed by atoms with Gasteiger partial charge >= 0.3 is 0 Å². The van der Waals surface area contributed by atoms with Gasteiger partial charge in [-0.2, -0.15) is 9.78 Å². The molecule has 8 heteroatoms. The van der Waals surface area contributed by atoms with Crippen LogP contribution in [-0.4, -0.2) is 29.0 Å². The van der Waals surface area contributed by atoms with Crippen LogP contribution in [0.1, 0.15) is 25.7 Å². The highest BCUT2D eigenvalue weighted by atomic mass is 35.5. The van der Waals surface area contributed by atoms with Crippen LogP contribution >= 0.6 is 34.8 Å². The normalized spacial score (nSPS) is 20.5. The third-order valence-electron chi connectivity index (χ3n) is 4.39. The zero-order chi connectivity index (χ0) is 18.0. The number of hydrogen-bond acceptors (Lipinski definition) is 4. The Morgan fingerprint density at radius 2 is 2.04 bits per heavy atom. The fourth-order valence-electron chi connectivity index (χ4n) is 3.06. The second kappa shape index (κ2) is 7.96. The van der Waals surface area contributed by atoms with Crippen LogP contribution in [0.5, 0.6) is 0 Å². The Morgan fingerprint density at radius 3 is 2.76 bits per heavy atom. The zero-order valence-electron chi connectivity index (χ0n) is 13.6. The van der Waals surface area contributed by atoms with E-state index in [1.54, 1.807) is 19.2 Å². The van der Waals surface area contributed by atoms with Gasteiger partial charge in [-0.05, 0) is 43.9 Å². The van der Waals surface area contributed by atoms with E-state index >= 15 is 0 Å². The third kappa shape index (κ3) is 4.11. The quantitative estimate of drug-likeness (QED) is 0.814. The highest BCUT2D eigenvalue weighted by Gasteiger charge is 2.22. The Labute approximate surface area is 160 Å². The van der Waals surface area contributed by atoms with Gasteiger partial charge in [-0.1, -0.05) is 34.8 Å². The average molecular weight is 403 g/mol. The monoisotopic (exact) mass is 401 g/mol. The minimum Gasteiger partial charge on any atom is -0.381 e. The number of aromatic nitrogens is 2. The summed E-state index contributed by atoms with van der Waals surface area (Å²) >= 11 is 18.1. The Morgan fingerprint density at radius 1 is 1.24 bits per heavy atom. The van der Waals surface area contributed by atoms with E-state index in [1.165, 1.54) is 10.9 Å². The van der Waals surface area contributed by atoms with E-state index in [9.17, 15) is 4.79 Å². The molecule has 3 rings (SSSR count). The molecule has 1 aromatic carbocycles. The van der Waals surface area contributed by atoms with Crippen molar-refractivity contribution in [1.82, 2.24) is 9.78 Å². The van der Waals surface area contributed by atoms with Crippen molar-refractivity contribution < 1.29 is 4.74 Å². The van der Waals surface area contributed by atoms with Gasteiger partial charge in [0.05, 0.1) is 33.7 Å². The number of nitrogens with one attached hydrogen (secondary N) is 1. The first kappa shape index (κ1) is 18.5. The summed E-state index contributed by atoms with van der Waals surface area (Å²) in [7, 11) is 1.75.